The maximum Gasteiger partial charge on any atom is 0.510 e. The monoisotopic (exact) mass is 576 g/mol. The van der Waals surface area contributed by atoms with Crippen molar-refractivity contribution in [2.45, 2.75) is 22.8 Å². The number of hydrogen-bond acceptors (Lipinski definition) is 9. The molecule has 3 aliphatic rings. The van der Waals surface area contributed by atoms with E-state index in [1.165, 1.54) is 9.91 Å². The second-order valence-electron chi connectivity index (χ2n) is 8.69. The molecule has 0 aliphatic carbocycles. The zero-order valence-corrected chi connectivity index (χ0v) is 21.6. The van der Waals surface area contributed by atoms with E-state index < -0.39 is 83.7 Å². The highest BCUT2D eigenvalue weighted by atomic mass is 32.2. The van der Waals surface area contributed by atoms with Crippen molar-refractivity contribution in [1.82, 2.24) is 9.58 Å². The first-order valence-corrected chi connectivity index (χ1v) is 12.9. The molecule has 4 heterocycles. The highest BCUT2D eigenvalue weighted by molar-refractivity contribution is 7.98. The minimum Gasteiger partial charge on any atom is -0.451 e. The van der Waals surface area contributed by atoms with Crippen molar-refractivity contribution >= 4 is 23.8 Å². The van der Waals surface area contributed by atoms with Crippen molar-refractivity contribution in [2.24, 2.45) is 0 Å². The Bertz CT molecular complexity index is 1830. The van der Waals surface area contributed by atoms with Crippen LogP contribution in [0.15, 0.2) is 58.3 Å². The van der Waals surface area contributed by atoms with Crippen molar-refractivity contribution in [1.29, 1.82) is 0 Å². The quantitative estimate of drug-likeness (QED) is 0.342. The fourth-order valence-electron chi connectivity index (χ4n) is 4.83. The van der Waals surface area contributed by atoms with E-state index in [1.54, 1.807) is 0 Å². The van der Waals surface area contributed by atoms with E-state index in [4.69, 9.17) is 19.7 Å². The predicted octanol–water partition coefficient (Wildman–Crippen LogP) is 3.39. The molecule has 3 aliphatic heterocycles. The molecule has 0 unspecified atom stereocenters. The number of thioether (sulfide) groups is 1. The molecule has 1 fully saturated rings. The molecule has 13 heteroatoms. The van der Waals surface area contributed by atoms with Crippen LogP contribution in [-0.2, 0) is 20.0 Å². The number of carbonyl (C=O) groups is 2. The average Bonchev–Trinajstić information content (AvgIpc) is 3.16. The fraction of sp³-hybridized carbons (Fsp3) is 0.296. The highest BCUT2D eigenvalue weighted by Crippen LogP contribution is 2.45. The van der Waals surface area contributed by atoms with Gasteiger partial charge in [-0.15, -0.1) is 11.8 Å². The summed E-state index contributed by atoms with van der Waals surface area (Å²) in [7, 11) is 1.06. The molecule has 0 spiro atoms. The van der Waals surface area contributed by atoms with E-state index in [1.807, 2.05) is 0 Å². The van der Waals surface area contributed by atoms with Gasteiger partial charge in [0.25, 0.3) is 5.91 Å². The van der Waals surface area contributed by atoms with Crippen LogP contribution in [0.4, 0.5) is 13.6 Å². The molecular weight excluding hydrogens is 548 g/mol. The Labute approximate surface area is 238 Å². The molecule has 0 N–H and O–H groups in total. The van der Waals surface area contributed by atoms with Crippen molar-refractivity contribution in [3.05, 3.63) is 92.8 Å². The number of rotatable bonds is 4. The maximum atomic E-state index is 15.5. The number of fused-ring (bicyclic) bond motifs is 4. The molecule has 2 aromatic carbocycles. The number of benzene rings is 2. The molecule has 0 saturated carbocycles. The van der Waals surface area contributed by atoms with Gasteiger partial charge in [0, 0.05) is 35.0 Å². The summed E-state index contributed by atoms with van der Waals surface area (Å²) in [5.74, 6) is -4.05. The van der Waals surface area contributed by atoms with Crippen LogP contribution >= 0.6 is 11.8 Å². The Kier molecular flexibility index (Phi) is 5.43. The van der Waals surface area contributed by atoms with E-state index in [-0.39, 0.29) is 47.1 Å². The zero-order chi connectivity index (χ0) is 32.4. The standard InChI is InChI=1S/C27H23F2N3O7S/c1-36-27(35)39-14-38-25-19(33)8-9-31-24(25)26(34)30-10-11-37-12-21(30)32(31)23-15-6-7-18(28)22(29)17(15)13-40-20-5-3-2-4-16(20)23/h2-9,21,23H,10-14H2,1H3/t21-,23+/m1/s1/i2D,3D,4D,5D,23D. The third kappa shape index (κ3) is 4.25. The third-order valence-corrected chi connectivity index (χ3v) is 7.62. The van der Waals surface area contributed by atoms with Gasteiger partial charge in [-0.05, 0) is 23.2 Å². The predicted molar refractivity (Wildman–Crippen MR) is 138 cm³/mol. The van der Waals surface area contributed by atoms with Gasteiger partial charge in [0.2, 0.25) is 18.0 Å². The molecule has 1 amide bonds. The van der Waals surface area contributed by atoms with E-state index in [9.17, 15) is 20.1 Å². The summed E-state index contributed by atoms with van der Waals surface area (Å²) in [6, 6.07) is -1.87. The first kappa shape index (κ1) is 20.8. The van der Waals surface area contributed by atoms with Gasteiger partial charge in [0.15, 0.2) is 17.3 Å². The topological polar surface area (TPSA) is 99.5 Å². The van der Waals surface area contributed by atoms with Crippen LogP contribution in [0.5, 0.6) is 5.75 Å². The smallest absolute Gasteiger partial charge is 0.451 e. The molecule has 1 saturated heterocycles. The van der Waals surface area contributed by atoms with Gasteiger partial charge in [0.05, 0.1) is 33.2 Å². The summed E-state index contributed by atoms with van der Waals surface area (Å²) < 4.78 is 96.1. The molecule has 6 rings (SSSR count). The molecule has 3 aromatic rings. The normalized spacial score (nSPS) is 23.1. The lowest BCUT2D eigenvalue weighted by atomic mass is 9.93. The van der Waals surface area contributed by atoms with E-state index >= 15 is 4.39 Å². The molecule has 0 bridgehead atoms. The Balaban J connectivity index is 1.70. The second kappa shape index (κ2) is 10.5. The van der Waals surface area contributed by atoms with Crippen LogP contribution in [0.1, 0.15) is 40.1 Å². The number of ether oxygens (including phenoxy) is 4. The number of pyridine rings is 1. The Morgan fingerprint density at radius 2 is 2.05 bits per heavy atom. The van der Waals surface area contributed by atoms with E-state index in [0.717, 1.165) is 47.9 Å². The van der Waals surface area contributed by atoms with Gasteiger partial charge in [-0.3, -0.25) is 19.3 Å². The van der Waals surface area contributed by atoms with Gasteiger partial charge < -0.3 is 23.8 Å². The number of carbonyl (C=O) groups excluding carboxylic acids is 2. The average molecular weight is 577 g/mol. The lowest BCUT2D eigenvalue weighted by Crippen LogP contribution is -2.66. The van der Waals surface area contributed by atoms with Crippen molar-refractivity contribution < 1.29 is 44.2 Å². The number of amides is 1. The second-order valence-corrected chi connectivity index (χ2v) is 9.68. The van der Waals surface area contributed by atoms with Crippen molar-refractivity contribution in [2.75, 3.05) is 38.7 Å². The minimum atomic E-state index is -2.49. The van der Waals surface area contributed by atoms with Crippen LogP contribution in [-0.4, -0.2) is 61.5 Å². The van der Waals surface area contributed by atoms with E-state index in [2.05, 4.69) is 4.74 Å². The SMILES string of the molecule is [2H]c1c([2H])c([2H])c2c(c1[2H])SCc1c(ccc(F)c1F)[C@]2([2H])N1[C@@H]2COCCN2C(=O)c2c(OCOC(=O)OC)c(=O)ccn21. The van der Waals surface area contributed by atoms with Gasteiger partial charge in [-0.25, -0.2) is 13.6 Å². The largest absolute Gasteiger partial charge is 0.510 e. The molecule has 2 atom stereocenters. The molecule has 10 nitrogen and oxygen atoms in total. The Morgan fingerprint density at radius 3 is 2.88 bits per heavy atom. The first-order chi connectivity index (χ1) is 21.4. The van der Waals surface area contributed by atoms with Crippen LogP contribution < -0.4 is 15.2 Å². The summed E-state index contributed by atoms with van der Waals surface area (Å²) >= 11 is 0.818. The summed E-state index contributed by atoms with van der Waals surface area (Å²) in [5.41, 5.74) is -1.93. The van der Waals surface area contributed by atoms with Gasteiger partial charge in [0.1, 0.15) is 6.17 Å². The molecule has 1 aromatic heterocycles. The highest BCUT2D eigenvalue weighted by Gasteiger charge is 2.46. The number of methoxy groups -OCH3 is 1. The first-order valence-electron chi connectivity index (χ1n) is 14.4. The van der Waals surface area contributed by atoms with Crippen molar-refractivity contribution in [3.8, 4) is 5.75 Å². The van der Waals surface area contributed by atoms with Crippen LogP contribution in [0, 0.1) is 11.6 Å². The van der Waals surface area contributed by atoms with Crippen LogP contribution in [0.3, 0.4) is 0 Å². The summed E-state index contributed by atoms with van der Waals surface area (Å²) in [5, 5.41) is 1.22. The van der Waals surface area contributed by atoms with Crippen LogP contribution in [0.25, 0.3) is 0 Å². The molecular formula is C27H23F2N3O7S. The summed E-state index contributed by atoms with van der Waals surface area (Å²) in [6.07, 6.45) is -1.11. The van der Waals surface area contributed by atoms with Crippen molar-refractivity contribution in [3.63, 3.8) is 0 Å². The maximum absolute atomic E-state index is 15.5. The Hall–Kier alpha value is -4.10. The van der Waals surface area contributed by atoms with Crippen LogP contribution in [0.2, 0.25) is 0 Å². The number of halogens is 2. The number of hydrogen-bond donors (Lipinski definition) is 0. The number of aromatic nitrogens is 1. The molecule has 0 radical (unpaired) electrons. The molecule has 208 valence electrons. The lowest BCUT2D eigenvalue weighted by Gasteiger charge is -2.51. The summed E-state index contributed by atoms with van der Waals surface area (Å²) in [4.78, 5) is 39.7. The van der Waals surface area contributed by atoms with Gasteiger partial charge in [-0.2, -0.15) is 0 Å². The lowest BCUT2D eigenvalue weighted by molar-refractivity contribution is -0.0209. The molecule has 40 heavy (non-hydrogen) atoms. The third-order valence-electron chi connectivity index (χ3n) is 6.59. The van der Waals surface area contributed by atoms with Gasteiger partial charge >= 0.3 is 6.16 Å². The van der Waals surface area contributed by atoms with E-state index in [0.29, 0.717) is 0 Å². The van der Waals surface area contributed by atoms with Gasteiger partial charge in [-0.1, -0.05) is 24.2 Å². The summed E-state index contributed by atoms with van der Waals surface area (Å²) in [6.45, 7) is -0.990. The Morgan fingerprint density at radius 1 is 1.23 bits per heavy atom. The zero-order valence-electron chi connectivity index (χ0n) is 25.8. The fourth-order valence-corrected chi connectivity index (χ4v) is 5.82. The minimum absolute atomic E-state index is 0.0315. The number of morpholine rings is 1. The number of nitrogens with zero attached hydrogens (tertiary/aromatic N) is 3.